The Balaban J connectivity index is 4.32. The van der Waals surface area contributed by atoms with Gasteiger partial charge in [0.2, 0.25) is 0 Å². The van der Waals surface area contributed by atoms with Crippen LogP contribution in [0.5, 0.6) is 0 Å². The fourth-order valence-corrected chi connectivity index (χ4v) is 6.90. The van der Waals surface area contributed by atoms with Gasteiger partial charge in [0.1, 0.15) is 13.2 Å². The second-order valence-corrected chi connectivity index (χ2v) is 16.8. The second kappa shape index (κ2) is 40.1. The zero-order valence-electron chi connectivity index (χ0n) is 36.1. The molecule has 0 saturated heterocycles. The van der Waals surface area contributed by atoms with Crippen LogP contribution in [0.2, 0.25) is 0 Å². The molecular formula is C47H90O6. The number of carbonyl (C=O) groups excluding carboxylic acids is 3. The van der Waals surface area contributed by atoms with E-state index in [4.69, 9.17) is 14.2 Å². The summed E-state index contributed by atoms with van der Waals surface area (Å²) in [6.45, 7) is 11.3. The SMILES string of the molecule is CCCCCCCCCCCCCC(=O)OC[C@H](COC(=O)CCCCCCCCCCCCCC(C)C)OC(=O)CCCCCCCCC(C)CC. The molecular weight excluding hydrogens is 661 g/mol. The third-order valence-corrected chi connectivity index (χ3v) is 10.8. The maximum absolute atomic E-state index is 12.7. The fourth-order valence-electron chi connectivity index (χ4n) is 6.90. The summed E-state index contributed by atoms with van der Waals surface area (Å²) in [5, 5.41) is 0. The summed E-state index contributed by atoms with van der Waals surface area (Å²) in [7, 11) is 0. The van der Waals surface area contributed by atoms with Gasteiger partial charge >= 0.3 is 17.9 Å². The van der Waals surface area contributed by atoms with Gasteiger partial charge in [-0.15, -0.1) is 0 Å². The van der Waals surface area contributed by atoms with Crippen LogP contribution in [0.25, 0.3) is 0 Å². The molecule has 0 bridgehead atoms. The van der Waals surface area contributed by atoms with E-state index in [1.807, 2.05) is 0 Å². The first kappa shape index (κ1) is 51.4. The summed E-state index contributed by atoms with van der Waals surface area (Å²) in [4.78, 5) is 37.7. The first-order valence-corrected chi connectivity index (χ1v) is 23.3. The minimum atomic E-state index is -0.761. The fraction of sp³-hybridized carbons (Fsp3) is 0.936. The van der Waals surface area contributed by atoms with Crippen molar-refractivity contribution in [2.45, 2.75) is 259 Å². The lowest BCUT2D eigenvalue weighted by Gasteiger charge is -2.18. The lowest BCUT2D eigenvalue weighted by Crippen LogP contribution is -2.30. The van der Waals surface area contributed by atoms with Crippen LogP contribution < -0.4 is 0 Å². The van der Waals surface area contributed by atoms with Crippen molar-refractivity contribution in [3.8, 4) is 0 Å². The molecule has 0 heterocycles. The highest BCUT2D eigenvalue weighted by atomic mass is 16.6. The van der Waals surface area contributed by atoms with Crippen LogP contribution in [0.4, 0.5) is 0 Å². The van der Waals surface area contributed by atoms with Crippen LogP contribution in [0.1, 0.15) is 253 Å². The van der Waals surface area contributed by atoms with E-state index < -0.39 is 6.10 Å². The Kier molecular flexibility index (Phi) is 38.9. The van der Waals surface area contributed by atoms with Crippen molar-refractivity contribution in [3.63, 3.8) is 0 Å². The van der Waals surface area contributed by atoms with Crippen LogP contribution in [0.3, 0.4) is 0 Å². The Hall–Kier alpha value is -1.59. The number of esters is 3. The highest BCUT2D eigenvalue weighted by Crippen LogP contribution is 2.17. The lowest BCUT2D eigenvalue weighted by atomic mass is 10.00. The zero-order chi connectivity index (χ0) is 39.0. The molecule has 53 heavy (non-hydrogen) atoms. The van der Waals surface area contributed by atoms with Gasteiger partial charge in [0.15, 0.2) is 6.10 Å². The van der Waals surface area contributed by atoms with E-state index in [9.17, 15) is 14.4 Å². The van der Waals surface area contributed by atoms with E-state index in [0.717, 1.165) is 69.6 Å². The summed E-state index contributed by atoms with van der Waals surface area (Å²) in [6, 6.07) is 0. The molecule has 0 aromatic rings. The lowest BCUT2D eigenvalue weighted by molar-refractivity contribution is -0.167. The smallest absolute Gasteiger partial charge is 0.306 e. The highest BCUT2D eigenvalue weighted by Gasteiger charge is 2.19. The van der Waals surface area contributed by atoms with Crippen molar-refractivity contribution in [2.24, 2.45) is 11.8 Å². The van der Waals surface area contributed by atoms with Gasteiger partial charge in [0.05, 0.1) is 0 Å². The van der Waals surface area contributed by atoms with Crippen molar-refractivity contribution in [2.75, 3.05) is 13.2 Å². The Labute approximate surface area is 329 Å². The van der Waals surface area contributed by atoms with Gasteiger partial charge in [-0.05, 0) is 31.1 Å². The van der Waals surface area contributed by atoms with Crippen LogP contribution >= 0.6 is 0 Å². The van der Waals surface area contributed by atoms with Crippen molar-refractivity contribution in [1.82, 2.24) is 0 Å². The number of rotatable bonds is 41. The summed E-state index contributed by atoms with van der Waals surface area (Å²) in [5.74, 6) is 0.777. The molecule has 0 saturated carbocycles. The van der Waals surface area contributed by atoms with E-state index in [1.54, 1.807) is 0 Å². The standard InChI is InChI=1S/C47H90O6/c1-6-8-9-10-11-12-14-18-21-27-32-37-45(48)51-40-44(53-47(50)39-34-29-24-23-26-31-36-43(5)7-2)41-52-46(49)38-33-28-22-19-16-13-15-17-20-25-30-35-42(3)4/h42-44H,6-41H2,1-5H3/t43?,44-/m1/s1. The van der Waals surface area contributed by atoms with Gasteiger partial charge in [-0.1, -0.05) is 214 Å². The number of hydrogen-bond donors (Lipinski definition) is 0. The molecule has 0 aliphatic heterocycles. The van der Waals surface area contributed by atoms with Crippen molar-refractivity contribution in [1.29, 1.82) is 0 Å². The van der Waals surface area contributed by atoms with E-state index in [-0.39, 0.29) is 31.1 Å². The van der Waals surface area contributed by atoms with Gasteiger partial charge in [0.25, 0.3) is 0 Å². The first-order valence-electron chi connectivity index (χ1n) is 23.3. The summed E-state index contributed by atoms with van der Waals surface area (Å²) < 4.78 is 16.7. The Morgan fingerprint density at radius 1 is 0.396 bits per heavy atom. The molecule has 314 valence electrons. The monoisotopic (exact) mass is 751 g/mol. The second-order valence-electron chi connectivity index (χ2n) is 16.8. The molecule has 0 N–H and O–H groups in total. The maximum Gasteiger partial charge on any atom is 0.306 e. The molecule has 6 nitrogen and oxygen atoms in total. The third kappa shape index (κ3) is 39.9. The molecule has 0 aromatic carbocycles. The zero-order valence-corrected chi connectivity index (χ0v) is 36.1. The third-order valence-electron chi connectivity index (χ3n) is 10.8. The number of unbranched alkanes of at least 4 members (excludes halogenated alkanes) is 25. The molecule has 0 spiro atoms. The normalized spacial score (nSPS) is 12.6. The summed E-state index contributed by atoms with van der Waals surface area (Å²) >= 11 is 0. The predicted molar refractivity (Wildman–Crippen MR) is 224 cm³/mol. The highest BCUT2D eigenvalue weighted by molar-refractivity contribution is 5.71. The summed E-state index contributed by atoms with van der Waals surface area (Å²) in [5.41, 5.74) is 0. The molecule has 0 fully saturated rings. The van der Waals surface area contributed by atoms with Gasteiger partial charge in [-0.2, -0.15) is 0 Å². The average molecular weight is 751 g/mol. The van der Waals surface area contributed by atoms with Gasteiger partial charge in [0, 0.05) is 19.3 Å². The topological polar surface area (TPSA) is 78.9 Å². The van der Waals surface area contributed by atoms with Crippen LogP contribution in [-0.4, -0.2) is 37.2 Å². The molecule has 0 amide bonds. The van der Waals surface area contributed by atoms with Gasteiger partial charge < -0.3 is 14.2 Å². The van der Waals surface area contributed by atoms with E-state index >= 15 is 0 Å². The van der Waals surface area contributed by atoms with Crippen molar-refractivity contribution < 1.29 is 28.6 Å². The maximum atomic E-state index is 12.7. The Morgan fingerprint density at radius 3 is 1.08 bits per heavy atom. The van der Waals surface area contributed by atoms with Gasteiger partial charge in [-0.25, -0.2) is 0 Å². The van der Waals surface area contributed by atoms with Crippen molar-refractivity contribution in [3.05, 3.63) is 0 Å². The molecule has 6 heteroatoms. The van der Waals surface area contributed by atoms with Crippen LogP contribution in [0.15, 0.2) is 0 Å². The molecule has 1 unspecified atom stereocenters. The minimum Gasteiger partial charge on any atom is -0.462 e. The van der Waals surface area contributed by atoms with E-state index in [1.165, 1.54) is 141 Å². The van der Waals surface area contributed by atoms with Crippen LogP contribution in [0, 0.1) is 11.8 Å². The molecule has 0 aliphatic rings. The molecule has 2 atom stereocenters. The number of ether oxygens (including phenoxy) is 3. The summed E-state index contributed by atoms with van der Waals surface area (Å²) in [6.07, 6.45) is 38.0. The first-order chi connectivity index (χ1) is 25.8. The number of hydrogen-bond acceptors (Lipinski definition) is 6. The largest absolute Gasteiger partial charge is 0.462 e. The molecule has 0 rings (SSSR count). The molecule has 0 aliphatic carbocycles. The quantitative estimate of drug-likeness (QED) is 0.0352. The average Bonchev–Trinajstić information content (AvgIpc) is 3.14. The Morgan fingerprint density at radius 2 is 0.717 bits per heavy atom. The molecule has 0 aromatic heterocycles. The predicted octanol–water partition coefficient (Wildman–Crippen LogP) is 14.6. The van der Waals surface area contributed by atoms with Crippen LogP contribution in [-0.2, 0) is 28.6 Å². The molecule has 0 radical (unpaired) electrons. The van der Waals surface area contributed by atoms with E-state index in [2.05, 4.69) is 34.6 Å². The van der Waals surface area contributed by atoms with Gasteiger partial charge in [-0.3, -0.25) is 14.4 Å². The van der Waals surface area contributed by atoms with Crippen molar-refractivity contribution >= 4 is 17.9 Å². The minimum absolute atomic E-state index is 0.0655. The number of carbonyl (C=O) groups is 3. The van der Waals surface area contributed by atoms with E-state index in [0.29, 0.717) is 19.3 Å². The Bertz CT molecular complexity index is 811.